The van der Waals surface area contributed by atoms with Gasteiger partial charge < -0.3 is 9.72 Å². The van der Waals surface area contributed by atoms with E-state index in [1.165, 1.54) is 0 Å². The molecule has 27 heavy (non-hydrogen) atoms. The van der Waals surface area contributed by atoms with E-state index in [0.717, 1.165) is 48.2 Å². The molecule has 0 aliphatic heterocycles. The number of nitrogens with zero attached hydrogens (tertiary/aromatic N) is 4. The predicted octanol–water partition coefficient (Wildman–Crippen LogP) is 4.49. The maximum atomic E-state index is 14.4. The average Bonchev–Trinajstić information content (AvgIpc) is 2.99. The molecular formula is C21H24FN5. The number of rotatable bonds is 3. The molecule has 0 amide bonds. The average molecular weight is 365 g/mol. The van der Waals surface area contributed by atoms with E-state index in [0.29, 0.717) is 11.6 Å². The zero-order valence-electron chi connectivity index (χ0n) is 16.0. The SMILES string of the molecule is CC(C)(C)CNc1ncc2c(n1)CCCC=C2c1cc(F)c2nccn2c1. The van der Waals surface area contributed by atoms with E-state index >= 15 is 0 Å². The van der Waals surface area contributed by atoms with Gasteiger partial charge in [0, 0.05) is 42.5 Å². The first-order valence-corrected chi connectivity index (χ1v) is 9.34. The second-order valence-corrected chi connectivity index (χ2v) is 8.21. The van der Waals surface area contributed by atoms with Crippen LogP contribution in [0.3, 0.4) is 0 Å². The molecule has 140 valence electrons. The van der Waals surface area contributed by atoms with Crippen LogP contribution in [0.25, 0.3) is 11.2 Å². The number of allylic oxidation sites excluding steroid dienone is 1. The molecule has 3 aromatic rings. The van der Waals surface area contributed by atoms with E-state index in [4.69, 9.17) is 4.98 Å². The molecule has 5 nitrogen and oxygen atoms in total. The van der Waals surface area contributed by atoms with Gasteiger partial charge in [0.15, 0.2) is 11.5 Å². The highest BCUT2D eigenvalue weighted by atomic mass is 19.1. The summed E-state index contributed by atoms with van der Waals surface area (Å²) in [5.41, 5.74) is 4.29. The highest BCUT2D eigenvalue weighted by Crippen LogP contribution is 2.31. The van der Waals surface area contributed by atoms with Gasteiger partial charge in [0.1, 0.15) is 0 Å². The van der Waals surface area contributed by atoms with Crippen LogP contribution in [-0.4, -0.2) is 25.9 Å². The first-order chi connectivity index (χ1) is 12.9. The van der Waals surface area contributed by atoms with Gasteiger partial charge in [-0.05, 0) is 36.3 Å². The molecular weight excluding hydrogens is 341 g/mol. The third-order valence-electron chi connectivity index (χ3n) is 4.65. The first-order valence-electron chi connectivity index (χ1n) is 9.34. The minimum Gasteiger partial charge on any atom is -0.354 e. The Hall–Kier alpha value is -2.76. The molecule has 1 aliphatic rings. The van der Waals surface area contributed by atoms with Crippen molar-refractivity contribution in [1.82, 2.24) is 19.4 Å². The van der Waals surface area contributed by atoms with Crippen LogP contribution < -0.4 is 5.32 Å². The summed E-state index contributed by atoms with van der Waals surface area (Å²) >= 11 is 0. The standard InChI is InChI=1S/C21H24FN5/c1-21(2,3)13-25-20-24-11-16-15(6-4-5-7-18(16)26-20)14-10-17(22)19-23-8-9-27(19)12-14/h6,8-12H,4-5,7,13H2,1-3H3,(H,24,25,26). The fourth-order valence-electron chi connectivity index (χ4n) is 3.30. The van der Waals surface area contributed by atoms with Crippen molar-refractivity contribution in [3.8, 4) is 0 Å². The number of aryl methyl sites for hydroxylation is 1. The molecule has 0 spiro atoms. The molecule has 0 bridgehead atoms. The summed E-state index contributed by atoms with van der Waals surface area (Å²) < 4.78 is 16.2. The summed E-state index contributed by atoms with van der Waals surface area (Å²) in [6, 6.07) is 1.55. The Balaban J connectivity index is 1.72. The summed E-state index contributed by atoms with van der Waals surface area (Å²) in [5.74, 6) is 0.328. The summed E-state index contributed by atoms with van der Waals surface area (Å²) in [6.07, 6.45) is 12.1. The smallest absolute Gasteiger partial charge is 0.222 e. The Morgan fingerprint density at radius 1 is 1.26 bits per heavy atom. The van der Waals surface area contributed by atoms with Crippen molar-refractivity contribution in [3.63, 3.8) is 0 Å². The highest BCUT2D eigenvalue weighted by molar-refractivity contribution is 5.81. The lowest BCUT2D eigenvalue weighted by Crippen LogP contribution is -2.20. The molecule has 0 atom stereocenters. The lowest BCUT2D eigenvalue weighted by molar-refractivity contribution is 0.441. The van der Waals surface area contributed by atoms with E-state index in [-0.39, 0.29) is 11.2 Å². The Bertz CT molecular complexity index is 1010. The normalized spacial score (nSPS) is 14.6. The quantitative estimate of drug-likeness (QED) is 0.743. The molecule has 1 aliphatic carbocycles. The number of pyridine rings is 1. The largest absolute Gasteiger partial charge is 0.354 e. The molecule has 0 saturated carbocycles. The van der Waals surface area contributed by atoms with E-state index in [2.05, 4.69) is 42.1 Å². The lowest BCUT2D eigenvalue weighted by Gasteiger charge is -2.19. The van der Waals surface area contributed by atoms with Crippen molar-refractivity contribution < 1.29 is 4.39 Å². The lowest BCUT2D eigenvalue weighted by atomic mass is 9.97. The minimum atomic E-state index is -0.325. The number of hydrogen-bond acceptors (Lipinski definition) is 4. The Labute approximate surface area is 158 Å². The molecule has 0 fully saturated rings. The number of fused-ring (bicyclic) bond motifs is 2. The van der Waals surface area contributed by atoms with Crippen molar-refractivity contribution in [3.05, 3.63) is 59.6 Å². The number of imidazole rings is 1. The van der Waals surface area contributed by atoms with Gasteiger partial charge in [-0.25, -0.2) is 19.3 Å². The summed E-state index contributed by atoms with van der Waals surface area (Å²) in [5, 5.41) is 3.33. The highest BCUT2D eigenvalue weighted by Gasteiger charge is 2.18. The predicted molar refractivity (Wildman–Crippen MR) is 105 cm³/mol. The number of aromatic nitrogens is 4. The van der Waals surface area contributed by atoms with Gasteiger partial charge in [-0.3, -0.25) is 0 Å². The van der Waals surface area contributed by atoms with Gasteiger partial charge in [0.2, 0.25) is 5.95 Å². The number of anilines is 1. The fraction of sp³-hybridized carbons (Fsp3) is 0.381. The fourth-order valence-corrected chi connectivity index (χ4v) is 3.30. The van der Waals surface area contributed by atoms with Gasteiger partial charge in [0.05, 0.1) is 5.69 Å². The molecule has 3 aromatic heterocycles. The molecule has 0 aromatic carbocycles. The number of nitrogens with one attached hydrogen (secondary N) is 1. The summed E-state index contributed by atoms with van der Waals surface area (Å²) in [4.78, 5) is 13.3. The van der Waals surface area contributed by atoms with Crippen LogP contribution in [0.15, 0.2) is 36.9 Å². The van der Waals surface area contributed by atoms with Crippen LogP contribution in [0.4, 0.5) is 10.3 Å². The maximum Gasteiger partial charge on any atom is 0.222 e. The van der Waals surface area contributed by atoms with Crippen LogP contribution in [0.5, 0.6) is 0 Å². The number of halogens is 1. The zero-order valence-corrected chi connectivity index (χ0v) is 16.0. The van der Waals surface area contributed by atoms with E-state index in [1.54, 1.807) is 22.9 Å². The Morgan fingerprint density at radius 2 is 2.11 bits per heavy atom. The van der Waals surface area contributed by atoms with Crippen molar-refractivity contribution in [2.45, 2.75) is 40.0 Å². The van der Waals surface area contributed by atoms with Gasteiger partial charge in [-0.2, -0.15) is 0 Å². The molecule has 3 heterocycles. The summed E-state index contributed by atoms with van der Waals surface area (Å²) in [6.45, 7) is 7.32. The Morgan fingerprint density at radius 3 is 2.93 bits per heavy atom. The van der Waals surface area contributed by atoms with Gasteiger partial charge >= 0.3 is 0 Å². The van der Waals surface area contributed by atoms with Crippen LogP contribution in [0, 0.1) is 11.2 Å². The first kappa shape index (κ1) is 17.6. The molecule has 0 radical (unpaired) electrons. The van der Waals surface area contributed by atoms with Gasteiger partial charge in [0.25, 0.3) is 0 Å². The molecule has 4 rings (SSSR count). The van der Waals surface area contributed by atoms with Crippen LogP contribution in [-0.2, 0) is 6.42 Å². The number of hydrogen-bond donors (Lipinski definition) is 1. The van der Waals surface area contributed by atoms with Crippen molar-refractivity contribution in [2.75, 3.05) is 11.9 Å². The van der Waals surface area contributed by atoms with E-state index in [9.17, 15) is 4.39 Å². The van der Waals surface area contributed by atoms with E-state index in [1.807, 2.05) is 12.4 Å². The molecule has 0 saturated heterocycles. The van der Waals surface area contributed by atoms with Crippen LogP contribution in [0.2, 0.25) is 0 Å². The second kappa shape index (κ2) is 6.76. The summed E-state index contributed by atoms with van der Waals surface area (Å²) in [7, 11) is 0. The van der Waals surface area contributed by atoms with Crippen LogP contribution in [0.1, 0.15) is 50.4 Å². The molecule has 1 N–H and O–H groups in total. The minimum absolute atomic E-state index is 0.152. The van der Waals surface area contributed by atoms with Crippen molar-refractivity contribution >= 4 is 17.2 Å². The third-order valence-corrected chi connectivity index (χ3v) is 4.65. The van der Waals surface area contributed by atoms with Gasteiger partial charge in [-0.1, -0.05) is 26.8 Å². The third kappa shape index (κ3) is 3.70. The topological polar surface area (TPSA) is 55.1 Å². The monoisotopic (exact) mass is 365 g/mol. The molecule has 0 unspecified atom stereocenters. The van der Waals surface area contributed by atoms with E-state index < -0.39 is 0 Å². The Kier molecular flexibility index (Phi) is 4.42. The zero-order chi connectivity index (χ0) is 19.0. The second-order valence-electron chi connectivity index (χ2n) is 8.21. The molecule has 6 heteroatoms. The van der Waals surface area contributed by atoms with Crippen molar-refractivity contribution in [2.24, 2.45) is 5.41 Å². The van der Waals surface area contributed by atoms with Gasteiger partial charge in [-0.15, -0.1) is 0 Å². The van der Waals surface area contributed by atoms with Crippen molar-refractivity contribution in [1.29, 1.82) is 0 Å². The van der Waals surface area contributed by atoms with Crippen LogP contribution >= 0.6 is 0 Å². The maximum absolute atomic E-state index is 14.4.